The normalized spacial score (nSPS) is 14.4. The Labute approximate surface area is 141 Å². The zero-order valence-corrected chi connectivity index (χ0v) is 14.1. The summed E-state index contributed by atoms with van der Waals surface area (Å²) in [7, 11) is 3.11. The van der Waals surface area contributed by atoms with Crippen molar-refractivity contribution in [1.82, 2.24) is 4.90 Å². The molecule has 2 rings (SSSR count). The Bertz CT molecular complexity index is 813. The maximum absolute atomic E-state index is 10.8. The molecule has 1 heterocycles. The van der Waals surface area contributed by atoms with Crippen LogP contribution in [0.3, 0.4) is 0 Å². The molecule has 0 spiro atoms. The Morgan fingerprint density at radius 1 is 1.12 bits per heavy atom. The first-order valence-electron chi connectivity index (χ1n) is 7.29. The van der Waals surface area contributed by atoms with E-state index in [1.54, 1.807) is 50.8 Å². The van der Waals surface area contributed by atoms with Crippen molar-refractivity contribution < 1.29 is 14.3 Å². The average molecular weight is 322 g/mol. The van der Waals surface area contributed by atoms with Gasteiger partial charge in [0.1, 0.15) is 12.0 Å². The fourth-order valence-corrected chi connectivity index (χ4v) is 2.47. The van der Waals surface area contributed by atoms with Crippen LogP contribution in [0.4, 0.5) is 0 Å². The average Bonchev–Trinajstić information content (AvgIpc) is 2.60. The summed E-state index contributed by atoms with van der Waals surface area (Å²) in [5.74, 6) is 3.04. The van der Waals surface area contributed by atoms with Gasteiger partial charge < -0.3 is 14.4 Å². The van der Waals surface area contributed by atoms with Crippen LogP contribution in [0.25, 0.3) is 5.57 Å². The van der Waals surface area contributed by atoms with Gasteiger partial charge in [0.15, 0.2) is 11.5 Å². The van der Waals surface area contributed by atoms with Crippen LogP contribution in [0.2, 0.25) is 0 Å². The lowest BCUT2D eigenvalue weighted by Gasteiger charge is -2.25. The molecule has 1 aromatic rings. The highest BCUT2D eigenvalue weighted by Crippen LogP contribution is 2.31. The number of hydrogen-bond donors (Lipinski definition) is 0. The zero-order chi connectivity index (χ0) is 17.7. The Morgan fingerprint density at radius 2 is 1.75 bits per heavy atom. The monoisotopic (exact) mass is 322 g/mol. The van der Waals surface area contributed by atoms with Gasteiger partial charge in [-0.15, -0.1) is 0 Å². The van der Waals surface area contributed by atoms with E-state index in [0.29, 0.717) is 28.2 Å². The minimum Gasteiger partial charge on any atom is -0.493 e. The molecule has 0 amide bonds. The van der Waals surface area contributed by atoms with Gasteiger partial charge >= 0.3 is 0 Å². The van der Waals surface area contributed by atoms with Gasteiger partial charge in [-0.05, 0) is 49.8 Å². The number of hydrogen-bond acceptors (Lipinski definition) is 5. The summed E-state index contributed by atoms with van der Waals surface area (Å²) in [5, 5.41) is 9.55. The number of nitriles is 1. The van der Waals surface area contributed by atoms with Crippen LogP contribution in [0.1, 0.15) is 19.4 Å². The summed E-state index contributed by atoms with van der Waals surface area (Å²) in [6.45, 7) is 3.74. The quantitative estimate of drug-likeness (QED) is 0.627. The second-order valence-corrected chi connectivity index (χ2v) is 5.22. The summed E-state index contributed by atoms with van der Waals surface area (Å²) >= 11 is 0. The molecular weight excluding hydrogens is 304 g/mol. The van der Waals surface area contributed by atoms with Gasteiger partial charge in [-0.3, -0.25) is 0 Å². The minimum absolute atomic E-state index is 0.468. The number of carbonyl (C=O) groups excluding carboxylic acids is 1. The zero-order valence-electron chi connectivity index (χ0n) is 14.1. The molecule has 0 aliphatic carbocycles. The van der Waals surface area contributed by atoms with Crippen LogP contribution in [0.15, 0.2) is 53.5 Å². The van der Waals surface area contributed by atoms with E-state index in [1.807, 2.05) is 24.7 Å². The molecule has 5 nitrogen and oxygen atoms in total. The summed E-state index contributed by atoms with van der Waals surface area (Å²) < 4.78 is 10.5. The fraction of sp³-hybridized carbons (Fsp3) is 0.211. The standard InChI is InChI=1S/C19H18N2O3/c1-13-7-15(12-22)8-14(2)21(13)11-17(10-20)16-5-6-18(23-3)19(9-16)24-4/h5-9,11H,1-4H3/b17-11+. The van der Waals surface area contributed by atoms with Crippen molar-refractivity contribution >= 4 is 11.5 Å². The predicted molar refractivity (Wildman–Crippen MR) is 91.7 cm³/mol. The van der Waals surface area contributed by atoms with E-state index in [9.17, 15) is 10.1 Å². The summed E-state index contributed by atoms with van der Waals surface area (Å²) in [5.41, 5.74) is 3.34. The molecule has 1 aliphatic rings. The highest BCUT2D eigenvalue weighted by Gasteiger charge is 2.15. The van der Waals surface area contributed by atoms with E-state index >= 15 is 0 Å². The van der Waals surface area contributed by atoms with E-state index in [1.165, 1.54) is 0 Å². The van der Waals surface area contributed by atoms with Gasteiger partial charge in [0, 0.05) is 17.6 Å². The van der Waals surface area contributed by atoms with Crippen molar-refractivity contribution in [2.75, 3.05) is 14.2 Å². The molecule has 1 aromatic carbocycles. The molecule has 0 atom stereocenters. The topological polar surface area (TPSA) is 62.6 Å². The van der Waals surface area contributed by atoms with Crippen molar-refractivity contribution in [2.24, 2.45) is 0 Å². The van der Waals surface area contributed by atoms with Crippen LogP contribution < -0.4 is 9.47 Å². The lowest BCUT2D eigenvalue weighted by atomic mass is 10.1. The number of nitrogens with zero attached hydrogens (tertiary/aromatic N) is 2. The number of methoxy groups -OCH3 is 2. The molecule has 0 unspecified atom stereocenters. The van der Waals surface area contributed by atoms with Gasteiger partial charge in [0.2, 0.25) is 0 Å². The van der Waals surface area contributed by atoms with Gasteiger partial charge in [-0.25, -0.2) is 4.79 Å². The van der Waals surface area contributed by atoms with Gasteiger partial charge in [-0.1, -0.05) is 0 Å². The fourth-order valence-electron chi connectivity index (χ4n) is 2.47. The molecule has 0 fully saturated rings. The number of ether oxygens (including phenoxy) is 2. The highest BCUT2D eigenvalue weighted by atomic mass is 16.5. The SMILES string of the molecule is COc1ccc(/C(C#N)=C/N2C(C)=CC(=C=O)C=C2C)cc1OC. The maximum atomic E-state index is 10.8. The highest BCUT2D eigenvalue weighted by molar-refractivity contribution is 5.78. The second kappa shape index (κ2) is 7.36. The Balaban J connectivity index is 2.46. The summed E-state index contributed by atoms with van der Waals surface area (Å²) in [4.78, 5) is 12.7. The van der Waals surface area contributed by atoms with E-state index in [-0.39, 0.29) is 0 Å². The molecule has 122 valence electrons. The third kappa shape index (κ3) is 3.40. The third-order valence-corrected chi connectivity index (χ3v) is 3.68. The van der Waals surface area contributed by atoms with Crippen LogP contribution in [0.5, 0.6) is 11.5 Å². The van der Waals surface area contributed by atoms with E-state index in [2.05, 4.69) is 6.07 Å². The third-order valence-electron chi connectivity index (χ3n) is 3.68. The molecule has 0 radical (unpaired) electrons. The molecule has 1 aliphatic heterocycles. The van der Waals surface area contributed by atoms with Gasteiger partial charge in [0.05, 0.1) is 25.4 Å². The van der Waals surface area contributed by atoms with E-state index < -0.39 is 0 Å². The van der Waals surface area contributed by atoms with Crippen molar-refractivity contribution in [3.05, 3.63) is 59.1 Å². The lowest BCUT2D eigenvalue weighted by molar-refractivity contribution is 0.355. The molecule has 5 heteroatoms. The molecule has 0 N–H and O–H groups in total. The first-order chi connectivity index (χ1) is 11.5. The molecule has 0 bridgehead atoms. The molecule has 24 heavy (non-hydrogen) atoms. The van der Waals surface area contributed by atoms with Crippen LogP contribution in [-0.4, -0.2) is 25.1 Å². The Kier molecular flexibility index (Phi) is 5.26. The summed E-state index contributed by atoms with van der Waals surface area (Å²) in [6.07, 6.45) is 5.18. The van der Waals surface area contributed by atoms with Crippen LogP contribution in [-0.2, 0) is 4.79 Å². The Hall–Kier alpha value is -3.22. The number of benzene rings is 1. The van der Waals surface area contributed by atoms with Crippen molar-refractivity contribution in [3.63, 3.8) is 0 Å². The Morgan fingerprint density at radius 3 is 2.25 bits per heavy atom. The molecule has 0 saturated heterocycles. The van der Waals surface area contributed by atoms with Crippen LogP contribution >= 0.6 is 0 Å². The van der Waals surface area contributed by atoms with E-state index in [0.717, 1.165) is 11.4 Å². The van der Waals surface area contributed by atoms with Crippen molar-refractivity contribution in [2.45, 2.75) is 13.8 Å². The summed E-state index contributed by atoms with van der Waals surface area (Å²) in [6, 6.07) is 7.52. The van der Waals surface area contributed by atoms with Crippen molar-refractivity contribution in [1.29, 1.82) is 5.26 Å². The second-order valence-electron chi connectivity index (χ2n) is 5.22. The largest absolute Gasteiger partial charge is 0.493 e. The molecule has 0 saturated carbocycles. The van der Waals surface area contributed by atoms with Gasteiger partial charge in [0.25, 0.3) is 0 Å². The minimum atomic E-state index is 0.468. The number of rotatable bonds is 4. The molecular formula is C19H18N2O3. The lowest BCUT2D eigenvalue weighted by Crippen LogP contribution is -2.16. The predicted octanol–water partition coefficient (Wildman–Crippen LogP) is 3.45. The first kappa shape index (κ1) is 17.1. The molecule has 0 aromatic heterocycles. The van der Waals surface area contributed by atoms with E-state index in [4.69, 9.17) is 9.47 Å². The smallest absolute Gasteiger partial charge is 0.161 e. The first-order valence-corrected chi connectivity index (χ1v) is 7.29. The number of allylic oxidation sites excluding steroid dienone is 6. The van der Waals surface area contributed by atoms with Crippen LogP contribution in [0, 0.1) is 11.3 Å². The van der Waals surface area contributed by atoms with Crippen molar-refractivity contribution in [3.8, 4) is 17.6 Å². The van der Waals surface area contributed by atoms with Gasteiger partial charge in [-0.2, -0.15) is 5.26 Å². The maximum Gasteiger partial charge on any atom is 0.161 e.